The molecule has 0 saturated heterocycles. The van der Waals surface area contributed by atoms with E-state index in [-0.39, 0.29) is 14.7 Å². The molecule has 4 nitrogen and oxygen atoms in total. The maximum Gasteiger partial charge on any atom is 0.252 e. The van der Waals surface area contributed by atoms with Crippen LogP contribution in [0.5, 0.6) is 0 Å². The molecule has 1 heterocycles. The molecule has 0 radical (unpaired) electrons. The van der Waals surface area contributed by atoms with Gasteiger partial charge in [0.25, 0.3) is 10.0 Å². The van der Waals surface area contributed by atoms with Crippen LogP contribution in [-0.4, -0.2) is 19.4 Å². The van der Waals surface area contributed by atoms with Gasteiger partial charge in [-0.05, 0) is 38.0 Å². The highest BCUT2D eigenvalue weighted by atomic mass is 35.5. The van der Waals surface area contributed by atoms with Crippen molar-refractivity contribution in [3.63, 3.8) is 0 Å². The van der Waals surface area contributed by atoms with E-state index in [2.05, 4.69) is 9.71 Å². The minimum atomic E-state index is -3.45. The fourth-order valence-corrected chi connectivity index (χ4v) is 6.32. The fourth-order valence-electron chi connectivity index (χ4n) is 3.24. The van der Waals surface area contributed by atoms with Gasteiger partial charge in [0.1, 0.15) is 0 Å². The van der Waals surface area contributed by atoms with E-state index >= 15 is 0 Å². The highest BCUT2D eigenvalue weighted by Gasteiger charge is 2.41. The number of aryl methyl sites for hydroxylation is 1. The van der Waals surface area contributed by atoms with E-state index in [4.69, 9.17) is 11.6 Å². The Morgan fingerprint density at radius 2 is 2.17 bits per heavy atom. The third-order valence-corrected chi connectivity index (χ3v) is 7.38. The van der Waals surface area contributed by atoms with Gasteiger partial charge in [0, 0.05) is 6.04 Å². The highest BCUT2D eigenvalue weighted by Crippen LogP contribution is 2.45. The van der Waals surface area contributed by atoms with Crippen LogP contribution < -0.4 is 4.72 Å². The van der Waals surface area contributed by atoms with Gasteiger partial charge in [0.15, 0.2) is 8.68 Å². The molecule has 0 aromatic carbocycles. The first kappa shape index (κ1) is 12.8. The monoisotopic (exact) mass is 306 g/mol. The molecular weight excluding hydrogens is 292 g/mol. The highest BCUT2D eigenvalue weighted by molar-refractivity contribution is 7.91. The molecule has 0 spiro atoms. The Morgan fingerprint density at radius 1 is 1.39 bits per heavy atom. The average molecular weight is 307 g/mol. The predicted molar refractivity (Wildman–Crippen MR) is 71.4 cm³/mol. The van der Waals surface area contributed by atoms with Crippen molar-refractivity contribution in [2.24, 2.45) is 11.8 Å². The van der Waals surface area contributed by atoms with E-state index in [1.165, 1.54) is 12.8 Å². The Hall–Kier alpha value is -0.170. The van der Waals surface area contributed by atoms with Crippen LogP contribution in [0.3, 0.4) is 0 Å². The van der Waals surface area contributed by atoms with Gasteiger partial charge in [-0.2, -0.15) is 0 Å². The van der Waals surface area contributed by atoms with Gasteiger partial charge in [-0.3, -0.25) is 0 Å². The van der Waals surface area contributed by atoms with Gasteiger partial charge < -0.3 is 0 Å². The SMILES string of the molecule is Cc1nc(Cl)sc1S(=O)(=O)NC1CC2CCC1C2. The van der Waals surface area contributed by atoms with Crippen LogP contribution >= 0.6 is 22.9 Å². The third-order valence-electron chi connectivity index (χ3n) is 4.02. The van der Waals surface area contributed by atoms with Crippen LogP contribution in [0.4, 0.5) is 0 Å². The van der Waals surface area contributed by atoms with Crippen molar-refractivity contribution in [3.05, 3.63) is 10.2 Å². The molecule has 2 aliphatic carbocycles. The smallest absolute Gasteiger partial charge is 0.229 e. The second-order valence-corrected chi connectivity index (χ2v) is 8.73. The largest absolute Gasteiger partial charge is 0.252 e. The molecule has 100 valence electrons. The van der Waals surface area contributed by atoms with Crippen molar-refractivity contribution in [2.45, 2.75) is 42.9 Å². The van der Waals surface area contributed by atoms with Crippen molar-refractivity contribution in [1.82, 2.24) is 9.71 Å². The standard InChI is InChI=1S/C11H15ClN2O2S2/c1-6-10(17-11(12)13-6)18(15,16)14-9-5-7-2-3-8(9)4-7/h7-9,14H,2-5H2,1H3. The Labute approximate surface area is 116 Å². The summed E-state index contributed by atoms with van der Waals surface area (Å²) in [5.74, 6) is 1.24. The fraction of sp³-hybridized carbons (Fsp3) is 0.727. The molecule has 2 saturated carbocycles. The minimum absolute atomic E-state index is 0.106. The lowest BCUT2D eigenvalue weighted by Gasteiger charge is -2.22. The van der Waals surface area contributed by atoms with Crippen LogP contribution in [0.15, 0.2) is 4.21 Å². The molecule has 2 bridgehead atoms. The number of halogens is 1. The van der Waals surface area contributed by atoms with Gasteiger partial charge in [-0.15, -0.1) is 0 Å². The summed E-state index contributed by atoms with van der Waals surface area (Å²) in [5.41, 5.74) is 0.487. The summed E-state index contributed by atoms with van der Waals surface area (Å²) in [6.07, 6.45) is 4.57. The van der Waals surface area contributed by atoms with Gasteiger partial charge in [0.2, 0.25) is 0 Å². The number of hydrogen-bond donors (Lipinski definition) is 1. The van der Waals surface area contributed by atoms with Crippen molar-refractivity contribution in [2.75, 3.05) is 0 Å². The zero-order chi connectivity index (χ0) is 12.9. The minimum Gasteiger partial charge on any atom is -0.229 e. The number of hydrogen-bond acceptors (Lipinski definition) is 4. The number of rotatable bonds is 3. The van der Waals surface area contributed by atoms with E-state index in [1.807, 2.05) is 0 Å². The van der Waals surface area contributed by atoms with Crippen molar-refractivity contribution >= 4 is 33.0 Å². The Kier molecular flexibility index (Phi) is 3.17. The van der Waals surface area contributed by atoms with E-state index in [0.29, 0.717) is 17.5 Å². The van der Waals surface area contributed by atoms with Crippen molar-refractivity contribution < 1.29 is 8.42 Å². The van der Waals surface area contributed by atoms with Crippen molar-refractivity contribution in [1.29, 1.82) is 0 Å². The number of thiazole rings is 1. The predicted octanol–water partition coefficient (Wildman–Crippen LogP) is 2.57. The molecule has 18 heavy (non-hydrogen) atoms. The molecule has 1 aromatic heterocycles. The van der Waals surface area contributed by atoms with Crippen LogP contribution in [0, 0.1) is 18.8 Å². The molecule has 1 N–H and O–H groups in total. The van der Waals surface area contributed by atoms with E-state index in [9.17, 15) is 8.42 Å². The first-order chi connectivity index (χ1) is 8.45. The van der Waals surface area contributed by atoms with Crippen LogP contribution in [0.25, 0.3) is 0 Å². The molecule has 0 amide bonds. The molecule has 2 aliphatic rings. The summed E-state index contributed by atoms with van der Waals surface area (Å²) in [4.78, 5) is 3.96. The summed E-state index contributed by atoms with van der Waals surface area (Å²) in [6, 6.07) is 0.106. The zero-order valence-corrected chi connectivity index (χ0v) is 12.4. The lowest BCUT2D eigenvalue weighted by Crippen LogP contribution is -2.38. The van der Waals surface area contributed by atoms with Crippen LogP contribution in [-0.2, 0) is 10.0 Å². The summed E-state index contributed by atoms with van der Waals surface area (Å²) >= 11 is 6.80. The van der Waals surface area contributed by atoms with Gasteiger partial charge in [-0.25, -0.2) is 18.1 Å². The molecule has 3 atom stereocenters. The summed E-state index contributed by atoms with van der Waals surface area (Å²) in [5, 5.41) is 0. The van der Waals surface area contributed by atoms with E-state index in [0.717, 1.165) is 24.2 Å². The van der Waals surface area contributed by atoms with Crippen LogP contribution in [0.2, 0.25) is 4.47 Å². The molecule has 0 aliphatic heterocycles. The van der Waals surface area contributed by atoms with E-state index in [1.54, 1.807) is 6.92 Å². The Balaban J connectivity index is 1.81. The Bertz CT molecular complexity index is 570. The van der Waals surface area contributed by atoms with E-state index < -0.39 is 10.0 Å². The summed E-state index contributed by atoms with van der Waals surface area (Å²) in [7, 11) is -3.45. The van der Waals surface area contributed by atoms with Crippen LogP contribution in [0.1, 0.15) is 31.4 Å². The molecule has 1 aromatic rings. The topological polar surface area (TPSA) is 59.1 Å². The summed E-state index contributed by atoms with van der Waals surface area (Å²) < 4.78 is 28.0. The maximum atomic E-state index is 12.3. The normalized spacial score (nSPS) is 31.1. The quantitative estimate of drug-likeness (QED) is 0.933. The first-order valence-corrected chi connectivity index (χ1v) is 8.79. The molecule has 7 heteroatoms. The summed E-state index contributed by atoms with van der Waals surface area (Å²) in [6.45, 7) is 1.68. The average Bonchev–Trinajstić information content (AvgIpc) is 2.93. The lowest BCUT2D eigenvalue weighted by molar-refractivity contribution is 0.390. The van der Waals surface area contributed by atoms with Gasteiger partial charge in [0.05, 0.1) is 5.69 Å². The lowest BCUT2D eigenvalue weighted by atomic mass is 9.96. The molecule has 2 fully saturated rings. The number of aromatic nitrogens is 1. The van der Waals surface area contributed by atoms with Gasteiger partial charge >= 0.3 is 0 Å². The second-order valence-electron chi connectivity index (χ2n) is 5.24. The third kappa shape index (κ3) is 2.19. The van der Waals surface area contributed by atoms with Gasteiger partial charge in [-0.1, -0.05) is 29.4 Å². The molecular formula is C11H15ClN2O2S2. The number of fused-ring (bicyclic) bond motifs is 2. The number of nitrogens with one attached hydrogen (secondary N) is 1. The number of nitrogens with zero attached hydrogens (tertiary/aromatic N) is 1. The Morgan fingerprint density at radius 3 is 2.67 bits per heavy atom. The second kappa shape index (κ2) is 4.44. The number of sulfonamides is 1. The maximum absolute atomic E-state index is 12.3. The molecule has 3 rings (SSSR count). The zero-order valence-electron chi connectivity index (χ0n) is 10.0. The molecule has 3 unspecified atom stereocenters. The van der Waals surface area contributed by atoms with Crippen molar-refractivity contribution in [3.8, 4) is 0 Å². The first-order valence-electron chi connectivity index (χ1n) is 6.11.